The molecule has 6 heteroatoms. The van der Waals surface area contributed by atoms with Gasteiger partial charge < -0.3 is 10.2 Å². The Bertz CT molecular complexity index is 734. The Hall–Kier alpha value is -1.92. The zero-order chi connectivity index (χ0) is 20.1. The van der Waals surface area contributed by atoms with Gasteiger partial charge in [0.1, 0.15) is 0 Å². The number of nitrogens with zero attached hydrogens (tertiary/aromatic N) is 3. The van der Waals surface area contributed by atoms with Gasteiger partial charge in [0.05, 0.1) is 12.6 Å². The first-order valence-corrected chi connectivity index (χ1v) is 11.1. The molecule has 0 spiro atoms. The summed E-state index contributed by atoms with van der Waals surface area (Å²) in [6.45, 7) is 12.8. The second-order valence-corrected chi connectivity index (χ2v) is 9.06. The maximum absolute atomic E-state index is 12.7. The largest absolute Gasteiger partial charge is 0.348 e. The number of hydrogen-bond donors (Lipinski definition) is 1. The molecule has 5 nitrogen and oxygen atoms in total. The third-order valence-corrected chi connectivity index (χ3v) is 6.21. The average Bonchev–Trinajstić information content (AvgIpc) is 3.21. The minimum atomic E-state index is 0.0466. The number of carbonyl (C=O) groups is 1. The van der Waals surface area contributed by atoms with Crippen molar-refractivity contribution in [1.82, 2.24) is 15.2 Å². The first-order chi connectivity index (χ1) is 13.4. The maximum Gasteiger partial charge on any atom is 0.234 e. The fourth-order valence-corrected chi connectivity index (χ4v) is 4.31. The van der Waals surface area contributed by atoms with E-state index < -0.39 is 0 Å². The first-order valence-electron chi connectivity index (χ1n) is 10.2. The van der Waals surface area contributed by atoms with Crippen LogP contribution in [0.3, 0.4) is 0 Å². The fourth-order valence-electron chi connectivity index (χ4n) is 3.61. The van der Waals surface area contributed by atoms with Crippen LogP contribution in [-0.4, -0.2) is 48.5 Å². The summed E-state index contributed by atoms with van der Waals surface area (Å²) in [5, 5.41) is 6.35. The van der Waals surface area contributed by atoms with Gasteiger partial charge in [0.15, 0.2) is 5.13 Å². The predicted octanol–water partition coefficient (Wildman–Crippen LogP) is 3.90. The molecule has 1 aromatic carbocycles. The molecule has 3 rings (SSSR count). The molecular formula is C22H32N4OS. The van der Waals surface area contributed by atoms with E-state index in [1.165, 1.54) is 11.1 Å². The average molecular weight is 401 g/mol. The van der Waals surface area contributed by atoms with E-state index >= 15 is 0 Å². The standard InChI is InChI=1S/C22H32N4OS/c1-16(2)18-5-7-19(8-6-18)21(17(3)4)24-20(27)15-25-10-12-26(13-11-25)22-23-9-14-28-22/h5-9,14,16-17,21H,10-13,15H2,1-4H3,(H,24,27)/t21-/m1/s1. The SMILES string of the molecule is CC(C)c1ccc([C@H](NC(=O)CN2CCN(c3nccs3)CC2)C(C)C)cc1. The second kappa shape index (κ2) is 9.52. The summed E-state index contributed by atoms with van der Waals surface area (Å²) in [7, 11) is 0. The molecule has 0 radical (unpaired) electrons. The molecule has 0 bridgehead atoms. The predicted molar refractivity (Wildman–Crippen MR) is 117 cm³/mol. The smallest absolute Gasteiger partial charge is 0.234 e. The van der Waals surface area contributed by atoms with Crippen LogP contribution in [0.15, 0.2) is 35.8 Å². The summed E-state index contributed by atoms with van der Waals surface area (Å²) in [5.74, 6) is 0.967. The molecule has 1 N–H and O–H groups in total. The van der Waals surface area contributed by atoms with E-state index in [-0.39, 0.29) is 11.9 Å². The molecule has 0 unspecified atom stereocenters. The summed E-state index contributed by atoms with van der Waals surface area (Å²) >= 11 is 1.67. The van der Waals surface area contributed by atoms with Crippen molar-refractivity contribution in [2.24, 2.45) is 5.92 Å². The molecule has 152 valence electrons. The van der Waals surface area contributed by atoms with Gasteiger partial charge in [-0.25, -0.2) is 4.98 Å². The van der Waals surface area contributed by atoms with Crippen LogP contribution in [0.2, 0.25) is 0 Å². The third-order valence-electron chi connectivity index (χ3n) is 5.37. The highest BCUT2D eigenvalue weighted by Crippen LogP contribution is 2.24. The van der Waals surface area contributed by atoms with E-state index in [1.54, 1.807) is 11.3 Å². The van der Waals surface area contributed by atoms with Crippen molar-refractivity contribution < 1.29 is 4.79 Å². The number of nitrogens with one attached hydrogen (secondary N) is 1. The summed E-state index contributed by atoms with van der Waals surface area (Å²) in [6, 6.07) is 8.73. The normalized spacial score (nSPS) is 16.6. The van der Waals surface area contributed by atoms with Crippen LogP contribution < -0.4 is 10.2 Å². The van der Waals surface area contributed by atoms with Gasteiger partial charge in [0.2, 0.25) is 5.91 Å². The van der Waals surface area contributed by atoms with Crippen LogP contribution in [0.25, 0.3) is 0 Å². The van der Waals surface area contributed by atoms with Gasteiger partial charge in [-0.3, -0.25) is 9.69 Å². The number of piperazine rings is 1. The van der Waals surface area contributed by atoms with E-state index in [0.717, 1.165) is 31.3 Å². The van der Waals surface area contributed by atoms with E-state index in [9.17, 15) is 4.79 Å². The molecule has 0 saturated carbocycles. The number of benzene rings is 1. The molecular weight excluding hydrogens is 368 g/mol. The Morgan fingerprint density at radius 3 is 2.25 bits per heavy atom. The van der Waals surface area contributed by atoms with Crippen molar-refractivity contribution >= 4 is 22.4 Å². The van der Waals surface area contributed by atoms with Gasteiger partial charge in [-0.15, -0.1) is 11.3 Å². The lowest BCUT2D eigenvalue weighted by molar-refractivity contribution is -0.123. The molecule has 1 fully saturated rings. The molecule has 1 aliphatic rings. The molecule has 2 aromatic rings. The van der Waals surface area contributed by atoms with Crippen molar-refractivity contribution in [1.29, 1.82) is 0 Å². The summed E-state index contributed by atoms with van der Waals surface area (Å²) in [4.78, 5) is 21.6. The number of anilines is 1. The Morgan fingerprint density at radius 1 is 1.07 bits per heavy atom. The number of carbonyl (C=O) groups excluding carboxylic acids is 1. The van der Waals surface area contributed by atoms with Gasteiger partial charge in [0, 0.05) is 37.8 Å². The lowest BCUT2D eigenvalue weighted by atomic mass is 9.93. The van der Waals surface area contributed by atoms with E-state index in [0.29, 0.717) is 18.4 Å². The van der Waals surface area contributed by atoms with E-state index in [4.69, 9.17) is 0 Å². The van der Waals surface area contributed by atoms with Crippen LogP contribution >= 0.6 is 11.3 Å². The molecule has 1 atom stereocenters. The topological polar surface area (TPSA) is 48.5 Å². The summed E-state index contributed by atoms with van der Waals surface area (Å²) < 4.78 is 0. The number of amides is 1. The van der Waals surface area contributed by atoms with Gasteiger partial charge in [-0.05, 0) is 23.0 Å². The molecule has 1 aliphatic heterocycles. The molecule has 28 heavy (non-hydrogen) atoms. The fraction of sp³-hybridized carbons (Fsp3) is 0.545. The Balaban J connectivity index is 1.53. The highest BCUT2D eigenvalue weighted by Gasteiger charge is 2.23. The number of aromatic nitrogens is 1. The van der Waals surface area contributed by atoms with Crippen molar-refractivity contribution in [3.8, 4) is 0 Å². The third kappa shape index (κ3) is 5.32. The van der Waals surface area contributed by atoms with Crippen LogP contribution in [-0.2, 0) is 4.79 Å². The highest BCUT2D eigenvalue weighted by molar-refractivity contribution is 7.13. The molecule has 1 saturated heterocycles. The molecule has 2 heterocycles. The highest BCUT2D eigenvalue weighted by atomic mass is 32.1. The van der Waals surface area contributed by atoms with E-state index in [2.05, 4.69) is 72.1 Å². The maximum atomic E-state index is 12.7. The second-order valence-electron chi connectivity index (χ2n) is 8.19. The lowest BCUT2D eigenvalue weighted by Gasteiger charge is -2.34. The minimum absolute atomic E-state index is 0.0466. The first kappa shape index (κ1) is 20.8. The Morgan fingerprint density at radius 2 is 1.71 bits per heavy atom. The van der Waals surface area contributed by atoms with Crippen LogP contribution in [0, 0.1) is 5.92 Å². The van der Waals surface area contributed by atoms with Crippen molar-refractivity contribution in [3.63, 3.8) is 0 Å². The van der Waals surface area contributed by atoms with Gasteiger partial charge in [0.25, 0.3) is 0 Å². The zero-order valence-corrected chi connectivity index (χ0v) is 18.2. The Labute approximate surface area is 172 Å². The minimum Gasteiger partial charge on any atom is -0.348 e. The molecule has 1 aromatic heterocycles. The zero-order valence-electron chi connectivity index (χ0n) is 17.4. The number of hydrogen-bond acceptors (Lipinski definition) is 5. The quantitative estimate of drug-likeness (QED) is 0.766. The van der Waals surface area contributed by atoms with Gasteiger partial charge in [-0.1, -0.05) is 52.0 Å². The van der Waals surface area contributed by atoms with Crippen LogP contribution in [0.5, 0.6) is 0 Å². The lowest BCUT2D eigenvalue weighted by Crippen LogP contribution is -2.50. The summed E-state index contributed by atoms with van der Waals surface area (Å²) in [5.41, 5.74) is 2.51. The Kier molecular flexibility index (Phi) is 7.08. The van der Waals surface area contributed by atoms with Crippen LogP contribution in [0.4, 0.5) is 5.13 Å². The monoisotopic (exact) mass is 400 g/mol. The van der Waals surface area contributed by atoms with Gasteiger partial charge >= 0.3 is 0 Å². The van der Waals surface area contributed by atoms with Crippen molar-refractivity contribution in [3.05, 3.63) is 47.0 Å². The van der Waals surface area contributed by atoms with E-state index in [1.807, 2.05) is 11.6 Å². The molecule has 0 aliphatic carbocycles. The molecule has 1 amide bonds. The van der Waals surface area contributed by atoms with Gasteiger partial charge in [-0.2, -0.15) is 0 Å². The van der Waals surface area contributed by atoms with Crippen molar-refractivity contribution in [2.45, 2.75) is 39.7 Å². The number of thiazole rings is 1. The number of rotatable bonds is 7. The summed E-state index contributed by atoms with van der Waals surface area (Å²) in [6.07, 6.45) is 1.85. The van der Waals surface area contributed by atoms with Crippen molar-refractivity contribution in [2.75, 3.05) is 37.6 Å². The van der Waals surface area contributed by atoms with Crippen LogP contribution in [0.1, 0.15) is 50.8 Å².